The van der Waals surface area contributed by atoms with Crippen molar-refractivity contribution in [2.45, 2.75) is 13.5 Å². The van der Waals surface area contributed by atoms with Crippen molar-refractivity contribution in [3.63, 3.8) is 0 Å². The third kappa shape index (κ3) is 4.11. The maximum absolute atomic E-state index is 9.17. The van der Waals surface area contributed by atoms with Crippen LogP contribution >= 0.6 is 0 Å². The van der Waals surface area contributed by atoms with Gasteiger partial charge in [0.2, 0.25) is 0 Å². The Labute approximate surface area is 147 Å². The highest BCUT2D eigenvalue weighted by Crippen LogP contribution is 2.30. The number of ether oxygens (including phenoxy) is 1. The Morgan fingerprint density at radius 1 is 1.04 bits per heavy atom. The zero-order valence-corrected chi connectivity index (χ0v) is 14.1. The highest BCUT2D eigenvalue weighted by atomic mass is 16.5. The second-order valence-corrected chi connectivity index (χ2v) is 5.82. The molecule has 0 unspecified atom stereocenters. The van der Waals surface area contributed by atoms with E-state index < -0.39 is 0 Å². The number of pyridine rings is 1. The van der Waals surface area contributed by atoms with E-state index in [0.717, 1.165) is 28.1 Å². The summed E-state index contributed by atoms with van der Waals surface area (Å²) in [5.74, 6) is 0.745. The third-order valence-corrected chi connectivity index (χ3v) is 3.86. The van der Waals surface area contributed by atoms with Gasteiger partial charge < -0.3 is 15.3 Å². The highest BCUT2D eigenvalue weighted by molar-refractivity contribution is 5.97. The number of aromatic nitrogens is 1. The van der Waals surface area contributed by atoms with Crippen LogP contribution in [0.5, 0.6) is 5.75 Å². The molecular weight excluding hydrogens is 312 g/mol. The number of nitrogens with one attached hydrogen (secondary N) is 1. The van der Waals surface area contributed by atoms with E-state index in [-0.39, 0.29) is 12.3 Å². The van der Waals surface area contributed by atoms with Gasteiger partial charge >= 0.3 is 0 Å². The van der Waals surface area contributed by atoms with Gasteiger partial charge in [-0.15, -0.1) is 0 Å². The molecule has 2 N–H and O–H groups in total. The number of aryl methyl sites for hydroxylation is 1. The number of aliphatic hydroxyl groups excluding tert-OH is 1. The van der Waals surface area contributed by atoms with Crippen LogP contribution in [-0.4, -0.2) is 22.4 Å². The van der Waals surface area contributed by atoms with E-state index in [9.17, 15) is 0 Å². The summed E-state index contributed by atoms with van der Waals surface area (Å²) in [6, 6.07) is 21.4. The van der Waals surface area contributed by atoms with E-state index in [1.54, 1.807) is 6.07 Å². The van der Waals surface area contributed by atoms with Crippen LogP contribution in [0.25, 0.3) is 11.3 Å². The highest BCUT2D eigenvalue weighted by Gasteiger charge is 2.11. The Hall–Kier alpha value is -2.98. The molecule has 0 atom stereocenters. The Kier molecular flexibility index (Phi) is 5.21. The van der Waals surface area contributed by atoms with Crippen LogP contribution in [0.1, 0.15) is 16.8 Å². The molecule has 4 heteroatoms. The third-order valence-electron chi connectivity index (χ3n) is 3.86. The van der Waals surface area contributed by atoms with Gasteiger partial charge in [-0.05, 0) is 36.8 Å². The molecule has 0 aliphatic rings. The topological polar surface area (TPSA) is 66.2 Å². The maximum Gasteiger partial charge on any atom is 0.129 e. The van der Waals surface area contributed by atoms with Gasteiger partial charge in [0, 0.05) is 5.56 Å². The minimum Gasteiger partial charge on any atom is -0.488 e. The standard InChI is InChI=1S/C21H20N2O2/c1-15-10-11-21(25-14-16-6-3-2-4-7-16)17(12-15)19-8-5-9-20(23-19)18(22)13-24/h2-12,22,24H,13-14H2,1H3. The van der Waals surface area contributed by atoms with E-state index >= 15 is 0 Å². The summed E-state index contributed by atoms with van der Waals surface area (Å²) >= 11 is 0. The molecule has 25 heavy (non-hydrogen) atoms. The van der Waals surface area contributed by atoms with Crippen LogP contribution in [-0.2, 0) is 6.61 Å². The van der Waals surface area contributed by atoms with Crippen molar-refractivity contribution < 1.29 is 9.84 Å². The number of hydrogen-bond acceptors (Lipinski definition) is 4. The summed E-state index contributed by atoms with van der Waals surface area (Å²) in [5, 5.41) is 17.0. The molecule has 0 amide bonds. The average molecular weight is 332 g/mol. The van der Waals surface area contributed by atoms with Crippen molar-refractivity contribution in [1.82, 2.24) is 4.98 Å². The number of rotatable bonds is 6. The Morgan fingerprint density at radius 2 is 1.84 bits per heavy atom. The summed E-state index contributed by atoms with van der Waals surface area (Å²) in [6.07, 6.45) is 0. The first-order chi connectivity index (χ1) is 12.2. The molecule has 126 valence electrons. The van der Waals surface area contributed by atoms with Gasteiger partial charge in [0.25, 0.3) is 0 Å². The molecule has 0 bridgehead atoms. The van der Waals surface area contributed by atoms with Gasteiger partial charge in [-0.1, -0.05) is 48.0 Å². The molecule has 0 spiro atoms. The normalized spacial score (nSPS) is 10.5. The molecule has 0 radical (unpaired) electrons. The maximum atomic E-state index is 9.17. The zero-order chi connectivity index (χ0) is 17.6. The fraction of sp³-hybridized carbons (Fsp3) is 0.143. The smallest absolute Gasteiger partial charge is 0.129 e. The molecule has 3 rings (SSSR count). The first kappa shape index (κ1) is 16.9. The lowest BCUT2D eigenvalue weighted by Gasteiger charge is -2.13. The van der Waals surface area contributed by atoms with Gasteiger partial charge in [0.1, 0.15) is 12.4 Å². The van der Waals surface area contributed by atoms with Crippen LogP contribution < -0.4 is 4.74 Å². The molecule has 0 fully saturated rings. The molecule has 3 aromatic rings. The van der Waals surface area contributed by atoms with Crippen LogP contribution in [0.2, 0.25) is 0 Å². The summed E-state index contributed by atoms with van der Waals surface area (Å²) in [5.41, 5.74) is 4.37. The summed E-state index contributed by atoms with van der Waals surface area (Å²) < 4.78 is 6.02. The van der Waals surface area contributed by atoms with Gasteiger partial charge in [-0.2, -0.15) is 0 Å². The monoisotopic (exact) mass is 332 g/mol. The van der Waals surface area contributed by atoms with Gasteiger partial charge in [-0.25, -0.2) is 4.98 Å². The zero-order valence-electron chi connectivity index (χ0n) is 14.1. The second-order valence-electron chi connectivity index (χ2n) is 5.82. The van der Waals surface area contributed by atoms with Crippen LogP contribution in [0, 0.1) is 12.3 Å². The first-order valence-electron chi connectivity index (χ1n) is 8.11. The Morgan fingerprint density at radius 3 is 2.60 bits per heavy atom. The van der Waals surface area contributed by atoms with Crippen molar-refractivity contribution >= 4 is 5.71 Å². The molecule has 0 saturated heterocycles. The lowest BCUT2D eigenvalue weighted by Crippen LogP contribution is -2.07. The Bertz CT molecular complexity index is 876. The number of hydrogen-bond donors (Lipinski definition) is 2. The molecule has 4 nitrogen and oxygen atoms in total. The number of benzene rings is 2. The summed E-state index contributed by atoms with van der Waals surface area (Å²) in [7, 11) is 0. The van der Waals surface area contributed by atoms with Crippen molar-refractivity contribution in [1.29, 1.82) is 5.41 Å². The lowest BCUT2D eigenvalue weighted by atomic mass is 10.1. The van der Waals surface area contributed by atoms with Crippen molar-refractivity contribution in [2.24, 2.45) is 0 Å². The fourth-order valence-corrected chi connectivity index (χ4v) is 2.54. The van der Waals surface area contributed by atoms with E-state index in [1.165, 1.54) is 0 Å². The quantitative estimate of drug-likeness (QED) is 0.671. The first-order valence-corrected chi connectivity index (χ1v) is 8.11. The van der Waals surface area contributed by atoms with Gasteiger partial charge in [0.15, 0.2) is 0 Å². The molecule has 0 saturated carbocycles. The number of aliphatic hydroxyl groups is 1. The molecule has 0 aliphatic carbocycles. The fourth-order valence-electron chi connectivity index (χ4n) is 2.54. The summed E-state index contributed by atoms with van der Waals surface area (Å²) in [6.45, 7) is 2.16. The van der Waals surface area contributed by atoms with Crippen LogP contribution in [0.15, 0.2) is 66.7 Å². The van der Waals surface area contributed by atoms with Crippen LogP contribution in [0.3, 0.4) is 0 Å². The molecule has 1 aromatic heterocycles. The minimum atomic E-state index is -0.332. The largest absolute Gasteiger partial charge is 0.488 e. The SMILES string of the molecule is Cc1ccc(OCc2ccccc2)c(-c2cccc(C(=N)CO)n2)c1. The second kappa shape index (κ2) is 7.73. The summed E-state index contributed by atoms with van der Waals surface area (Å²) in [4.78, 5) is 4.51. The predicted molar refractivity (Wildman–Crippen MR) is 99.1 cm³/mol. The van der Waals surface area contributed by atoms with E-state index in [4.69, 9.17) is 15.3 Å². The van der Waals surface area contributed by atoms with Crippen molar-refractivity contribution in [3.8, 4) is 17.0 Å². The van der Waals surface area contributed by atoms with E-state index in [1.807, 2.05) is 67.6 Å². The number of nitrogens with zero attached hydrogens (tertiary/aromatic N) is 1. The molecular formula is C21H20N2O2. The molecule has 2 aromatic carbocycles. The van der Waals surface area contributed by atoms with Crippen LogP contribution in [0.4, 0.5) is 0 Å². The van der Waals surface area contributed by atoms with Crippen molar-refractivity contribution in [3.05, 3.63) is 83.6 Å². The predicted octanol–water partition coefficient (Wildman–Crippen LogP) is 4.00. The van der Waals surface area contributed by atoms with Crippen molar-refractivity contribution in [2.75, 3.05) is 6.61 Å². The van der Waals surface area contributed by atoms with E-state index in [0.29, 0.717) is 12.3 Å². The lowest BCUT2D eigenvalue weighted by molar-refractivity contribution is 0.307. The van der Waals surface area contributed by atoms with Gasteiger partial charge in [-0.3, -0.25) is 0 Å². The average Bonchev–Trinajstić information content (AvgIpc) is 2.67. The molecule has 1 heterocycles. The van der Waals surface area contributed by atoms with Gasteiger partial charge in [0.05, 0.1) is 23.7 Å². The minimum absolute atomic E-state index is 0.0984. The molecule has 0 aliphatic heterocycles. The van der Waals surface area contributed by atoms with E-state index in [2.05, 4.69) is 4.98 Å². The Balaban J connectivity index is 1.93.